The van der Waals surface area contributed by atoms with Crippen LogP contribution in [0.3, 0.4) is 0 Å². The standard InChI is InChI=1S/C20H27N5O/c1-14-23-19(15-10-16(21)11-15)12-20(24-14)25-8-5-18(6-9-25)26-13-17-4-2-3-7-22-17/h2-4,7,12,15-16,18H,5-6,8-11,13,21H2,1H3. The van der Waals surface area contributed by atoms with Crippen molar-refractivity contribution in [2.75, 3.05) is 18.0 Å². The van der Waals surface area contributed by atoms with Gasteiger partial charge in [-0.05, 0) is 44.7 Å². The van der Waals surface area contributed by atoms with Gasteiger partial charge in [-0.15, -0.1) is 0 Å². The quantitative estimate of drug-likeness (QED) is 0.890. The molecule has 138 valence electrons. The molecule has 2 aromatic heterocycles. The third-order valence-corrected chi connectivity index (χ3v) is 5.40. The third-order valence-electron chi connectivity index (χ3n) is 5.40. The summed E-state index contributed by atoms with van der Waals surface area (Å²) < 4.78 is 6.04. The smallest absolute Gasteiger partial charge is 0.132 e. The first-order valence-electron chi connectivity index (χ1n) is 9.55. The molecule has 3 heterocycles. The number of anilines is 1. The number of hydrogen-bond donors (Lipinski definition) is 1. The van der Waals surface area contributed by atoms with Crippen molar-refractivity contribution in [2.24, 2.45) is 5.73 Å². The summed E-state index contributed by atoms with van der Waals surface area (Å²) >= 11 is 0. The van der Waals surface area contributed by atoms with Gasteiger partial charge in [-0.1, -0.05) is 6.07 Å². The van der Waals surface area contributed by atoms with E-state index < -0.39 is 0 Å². The van der Waals surface area contributed by atoms with Gasteiger partial charge in [0.15, 0.2) is 0 Å². The molecule has 2 fully saturated rings. The molecule has 26 heavy (non-hydrogen) atoms. The second-order valence-corrected chi connectivity index (χ2v) is 7.45. The van der Waals surface area contributed by atoms with E-state index in [1.807, 2.05) is 31.3 Å². The van der Waals surface area contributed by atoms with Crippen LogP contribution in [0, 0.1) is 6.92 Å². The highest BCUT2D eigenvalue weighted by atomic mass is 16.5. The van der Waals surface area contributed by atoms with E-state index in [1.54, 1.807) is 0 Å². The van der Waals surface area contributed by atoms with E-state index in [0.29, 0.717) is 24.7 Å². The predicted octanol–water partition coefficient (Wildman–Crippen LogP) is 2.57. The molecule has 0 unspecified atom stereocenters. The molecule has 0 radical (unpaired) electrons. The first-order chi connectivity index (χ1) is 12.7. The molecular formula is C20H27N5O. The molecule has 0 atom stereocenters. The van der Waals surface area contributed by atoms with E-state index in [-0.39, 0.29) is 0 Å². The van der Waals surface area contributed by atoms with Gasteiger partial charge in [-0.2, -0.15) is 0 Å². The van der Waals surface area contributed by atoms with E-state index in [0.717, 1.165) is 61.8 Å². The molecule has 2 aliphatic rings. The number of piperidine rings is 1. The zero-order valence-electron chi connectivity index (χ0n) is 15.3. The number of ether oxygens (including phenoxy) is 1. The van der Waals surface area contributed by atoms with Gasteiger partial charge in [-0.25, -0.2) is 9.97 Å². The Bertz CT molecular complexity index is 724. The Balaban J connectivity index is 1.33. The zero-order valence-corrected chi connectivity index (χ0v) is 15.3. The summed E-state index contributed by atoms with van der Waals surface area (Å²) in [5.74, 6) is 2.41. The highest BCUT2D eigenvalue weighted by Gasteiger charge is 2.30. The lowest BCUT2D eigenvalue weighted by Crippen LogP contribution is -2.38. The van der Waals surface area contributed by atoms with Crippen LogP contribution in [0.25, 0.3) is 0 Å². The lowest BCUT2D eigenvalue weighted by molar-refractivity contribution is 0.0233. The summed E-state index contributed by atoms with van der Waals surface area (Å²) in [6, 6.07) is 8.44. The molecule has 1 saturated carbocycles. The molecule has 0 aromatic carbocycles. The Labute approximate surface area is 154 Å². The molecule has 4 rings (SSSR count). The van der Waals surface area contributed by atoms with Crippen molar-refractivity contribution in [3.8, 4) is 0 Å². The maximum Gasteiger partial charge on any atom is 0.132 e. The lowest BCUT2D eigenvalue weighted by Gasteiger charge is -2.35. The molecule has 1 aliphatic carbocycles. The fourth-order valence-electron chi connectivity index (χ4n) is 3.79. The van der Waals surface area contributed by atoms with Crippen molar-refractivity contribution in [3.05, 3.63) is 47.7 Å². The van der Waals surface area contributed by atoms with Crippen LogP contribution in [0.2, 0.25) is 0 Å². The molecule has 1 aliphatic heterocycles. The first kappa shape index (κ1) is 17.4. The summed E-state index contributed by atoms with van der Waals surface area (Å²) in [4.78, 5) is 16.0. The average Bonchev–Trinajstić information content (AvgIpc) is 2.64. The number of hydrogen-bond acceptors (Lipinski definition) is 6. The van der Waals surface area contributed by atoms with Crippen LogP contribution in [0.5, 0.6) is 0 Å². The van der Waals surface area contributed by atoms with Crippen molar-refractivity contribution in [2.45, 2.75) is 57.3 Å². The van der Waals surface area contributed by atoms with Gasteiger partial charge in [0.1, 0.15) is 11.6 Å². The van der Waals surface area contributed by atoms with Crippen LogP contribution in [0.4, 0.5) is 5.82 Å². The van der Waals surface area contributed by atoms with Gasteiger partial charge >= 0.3 is 0 Å². The van der Waals surface area contributed by atoms with E-state index in [9.17, 15) is 0 Å². The van der Waals surface area contributed by atoms with Crippen molar-refractivity contribution in [3.63, 3.8) is 0 Å². The topological polar surface area (TPSA) is 77.2 Å². The molecule has 0 bridgehead atoms. The number of aryl methyl sites for hydroxylation is 1. The summed E-state index contributed by atoms with van der Waals surface area (Å²) in [7, 11) is 0. The molecule has 0 spiro atoms. The highest BCUT2D eigenvalue weighted by molar-refractivity contribution is 5.41. The largest absolute Gasteiger partial charge is 0.372 e. The fraction of sp³-hybridized carbons (Fsp3) is 0.550. The van der Waals surface area contributed by atoms with Crippen LogP contribution in [0.15, 0.2) is 30.5 Å². The number of rotatable bonds is 5. The minimum absolute atomic E-state index is 0.292. The Morgan fingerprint density at radius 1 is 1.19 bits per heavy atom. The lowest BCUT2D eigenvalue weighted by atomic mass is 9.78. The monoisotopic (exact) mass is 353 g/mol. The van der Waals surface area contributed by atoms with E-state index in [2.05, 4.69) is 25.9 Å². The van der Waals surface area contributed by atoms with Gasteiger partial charge in [0, 0.05) is 43.0 Å². The molecule has 0 amide bonds. The van der Waals surface area contributed by atoms with Gasteiger partial charge < -0.3 is 15.4 Å². The molecule has 2 N–H and O–H groups in total. The van der Waals surface area contributed by atoms with Crippen molar-refractivity contribution in [1.82, 2.24) is 15.0 Å². The van der Waals surface area contributed by atoms with E-state index >= 15 is 0 Å². The molecular weight excluding hydrogens is 326 g/mol. The maximum absolute atomic E-state index is 6.04. The molecule has 6 nitrogen and oxygen atoms in total. The van der Waals surface area contributed by atoms with Gasteiger partial charge in [-0.3, -0.25) is 4.98 Å². The number of nitrogens with zero attached hydrogens (tertiary/aromatic N) is 4. The summed E-state index contributed by atoms with van der Waals surface area (Å²) in [5, 5.41) is 0. The minimum atomic E-state index is 0.292. The van der Waals surface area contributed by atoms with Crippen molar-refractivity contribution >= 4 is 5.82 Å². The van der Waals surface area contributed by atoms with Crippen LogP contribution in [-0.4, -0.2) is 40.2 Å². The molecule has 1 saturated heterocycles. The van der Waals surface area contributed by atoms with Crippen molar-refractivity contribution < 1.29 is 4.74 Å². The second-order valence-electron chi connectivity index (χ2n) is 7.45. The molecule has 2 aromatic rings. The van der Waals surface area contributed by atoms with Gasteiger partial charge in [0.05, 0.1) is 18.4 Å². The first-order valence-corrected chi connectivity index (χ1v) is 9.55. The van der Waals surface area contributed by atoms with E-state index in [1.165, 1.54) is 0 Å². The van der Waals surface area contributed by atoms with Gasteiger partial charge in [0.25, 0.3) is 0 Å². The Morgan fingerprint density at radius 3 is 2.69 bits per heavy atom. The summed E-state index contributed by atoms with van der Waals surface area (Å²) in [6.45, 7) is 4.50. The zero-order chi connectivity index (χ0) is 17.9. The highest BCUT2D eigenvalue weighted by Crippen LogP contribution is 2.35. The van der Waals surface area contributed by atoms with E-state index in [4.69, 9.17) is 10.5 Å². The number of nitrogens with two attached hydrogens (primary N) is 1. The second kappa shape index (κ2) is 7.68. The normalized spacial score (nSPS) is 23.7. The summed E-state index contributed by atoms with van der Waals surface area (Å²) in [5.41, 5.74) is 8.08. The van der Waals surface area contributed by atoms with Crippen LogP contribution in [-0.2, 0) is 11.3 Å². The Hall–Kier alpha value is -2.05. The van der Waals surface area contributed by atoms with Crippen LogP contribution >= 0.6 is 0 Å². The fourth-order valence-corrected chi connectivity index (χ4v) is 3.79. The summed E-state index contributed by atoms with van der Waals surface area (Å²) in [6.07, 6.45) is 6.21. The SMILES string of the molecule is Cc1nc(C2CC(N)C2)cc(N2CCC(OCc3ccccn3)CC2)n1. The molecule has 6 heteroatoms. The number of pyridine rings is 1. The number of aromatic nitrogens is 3. The minimum Gasteiger partial charge on any atom is -0.372 e. The Kier molecular flexibility index (Phi) is 5.13. The average molecular weight is 353 g/mol. The van der Waals surface area contributed by atoms with Gasteiger partial charge in [0.2, 0.25) is 0 Å². The third kappa shape index (κ3) is 4.02. The van der Waals surface area contributed by atoms with Crippen molar-refractivity contribution in [1.29, 1.82) is 0 Å². The van der Waals surface area contributed by atoms with Crippen LogP contribution < -0.4 is 10.6 Å². The maximum atomic E-state index is 6.04. The predicted molar refractivity (Wildman–Crippen MR) is 101 cm³/mol. The van der Waals surface area contributed by atoms with Crippen LogP contribution in [0.1, 0.15) is 48.8 Å². The Morgan fingerprint density at radius 2 is 2.00 bits per heavy atom.